The number of benzene rings is 2. The molecule has 3 N–H and O–H groups in total. The van der Waals surface area contributed by atoms with Crippen LogP contribution in [0, 0.1) is 12.7 Å². The Balaban J connectivity index is 1.58. The summed E-state index contributed by atoms with van der Waals surface area (Å²) in [6.45, 7) is 1.79. The van der Waals surface area contributed by atoms with Gasteiger partial charge in [0.15, 0.2) is 0 Å². The molecule has 0 aliphatic carbocycles. The van der Waals surface area contributed by atoms with Gasteiger partial charge in [0.1, 0.15) is 22.7 Å². The number of rotatable bonds is 4. The van der Waals surface area contributed by atoms with Crippen LogP contribution in [0.5, 0.6) is 0 Å². The molecule has 7 nitrogen and oxygen atoms in total. The molecule has 5 rings (SSSR count). The van der Waals surface area contributed by atoms with E-state index in [1.165, 1.54) is 36.7 Å². The van der Waals surface area contributed by atoms with Crippen molar-refractivity contribution in [2.75, 3.05) is 10.6 Å². The summed E-state index contributed by atoms with van der Waals surface area (Å²) in [5.74, 6) is 0.217. The highest BCUT2D eigenvalue weighted by molar-refractivity contribution is 6.39. The van der Waals surface area contributed by atoms with Crippen LogP contribution in [0.25, 0.3) is 22.0 Å². The summed E-state index contributed by atoms with van der Waals surface area (Å²) < 4.78 is 19.0. The van der Waals surface area contributed by atoms with Crippen molar-refractivity contribution in [1.29, 1.82) is 0 Å². The Hall–Kier alpha value is -3.62. The number of aryl methyl sites for hydroxylation is 1. The van der Waals surface area contributed by atoms with E-state index >= 15 is 0 Å². The molecule has 0 saturated carbocycles. The Morgan fingerprint density at radius 1 is 1.12 bits per heavy atom. The van der Waals surface area contributed by atoms with E-state index in [0.29, 0.717) is 60.7 Å². The van der Waals surface area contributed by atoms with Crippen molar-refractivity contribution in [1.82, 2.24) is 15.0 Å². The number of carbonyl (C=O) groups is 1. The van der Waals surface area contributed by atoms with Gasteiger partial charge in [-0.1, -0.05) is 23.2 Å². The number of hydrogen-bond donors (Lipinski definition) is 3. The summed E-state index contributed by atoms with van der Waals surface area (Å²) in [7, 11) is 0. The standard InChI is InChI=1S/C22H14Cl2FN5O2/c1-10-6-13-18-17(28-22(29-18)30-19-15(23)8-26-9-16(19)24)7-14(20(13)32-10)21(31)27-12-4-2-11(25)3-5-12/h2-9H,1H3,(H,27,31)(H2,26,28,29,30). The van der Waals surface area contributed by atoms with E-state index < -0.39 is 5.91 Å². The molecule has 0 bridgehead atoms. The molecule has 32 heavy (non-hydrogen) atoms. The van der Waals surface area contributed by atoms with Crippen LogP contribution in [0.1, 0.15) is 16.1 Å². The predicted octanol–water partition coefficient (Wildman–Crippen LogP) is 6.45. The SMILES string of the molecule is Cc1cc2c(o1)c(C(=O)Nc1ccc(F)cc1)cc1[nH]c(Nc3c(Cl)cncc3Cl)nc12. The third kappa shape index (κ3) is 3.63. The fraction of sp³-hybridized carbons (Fsp3) is 0.0455. The Morgan fingerprint density at radius 2 is 1.84 bits per heavy atom. The molecule has 0 aliphatic heterocycles. The normalized spacial score (nSPS) is 11.2. The lowest BCUT2D eigenvalue weighted by Crippen LogP contribution is -2.12. The number of aromatic nitrogens is 3. The van der Waals surface area contributed by atoms with Gasteiger partial charge in [-0.25, -0.2) is 9.37 Å². The van der Waals surface area contributed by atoms with Crippen LogP contribution in [0.4, 0.5) is 21.7 Å². The minimum atomic E-state index is -0.401. The second-order valence-corrected chi connectivity index (χ2v) is 7.88. The number of pyridine rings is 1. The highest BCUT2D eigenvalue weighted by Crippen LogP contribution is 2.34. The summed E-state index contributed by atoms with van der Waals surface area (Å²) in [5, 5.41) is 7.15. The number of imidazole rings is 1. The Labute approximate surface area is 190 Å². The number of furan rings is 1. The van der Waals surface area contributed by atoms with E-state index in [2.05, 4.69) is 25.6 Å². The second kappa shape index (κ2) is 7.81. The Kier molecular flexibility index (Phi) is 4.96. The molecular weight excluding hydrogens is 456 g/mol. The van der Waals surface area contributed by atoms with Crippen molar-refractivity contribution in [2.24, 2.45) is 0 Å². The number of anilines is 3. The third-order valence-corrected chi connectivity index (χ3v) is 5.39. The fourth-order valence-corrected chi connectivity index (χ4v) is 3.86. The zero-order chi connectivity index (χ0) is 22.4. The smallest absolute Gasteiger partial charge is 0.259 e. The van der Waals surface area contributed by atoms with E-state index in [4.69, 9.17) is 27.6 Å². The molecule has 0 radical (unpaired) electrons. The fourth-order valence-electron chi connectivity index (χ4n) is 3.41. The van der Waals surface area contributed by atoms with Crippen LogP contribution in [-0.2, 0) is 0 Å². The van der Waals surface area contributed by atoms with Crippen LogP contribution in [0.2, 0.25) is 10.0 Å². The number of halogens is 3. The van der Waals surface area contributed by atoms with Crippen molar-refractivity contribution >= 4 is 68.4 Å². The second-order valence-electron chi connectivity index (χ2n) is 7.07. The van der Waals surface area contributed by atoms with E-state index in [1.807, 2.05) is 6.07 Å². The van der Waals surface area contributed by atoms with Crippen LogP contribution in [-0.4, -0.2) is 20.9 Å². The number of carbonyl (C=O) groups excluding carboxylic acids is 1. The maximum atomic E-state index is 13.2. The largest absolute Gasteiger partial charge is 0.460 e. The van der Waals surface area contributed by atoms with E-state index in [0.717, 1.165) is 0 Å². The molecule has 3 aromatic heterocycles. The van der Waals surface area contributed by atoms with Gasteiger partial charge in [-0.2, -0.15) is 0 Å². The average molecular weight is 470 g/mol. The topological polar surface area (TPSA) is 95.8 Å². The van der Waals surface area contributed by atoms with Crippen molar-refractivity contribution < 1.29 is 13.6 Å². The van der Waals surface area contributed by atoms with Gasteiger partial charge < -0.3 is 20.0 Å². The maximum Gasteiger partial charge on any atom is 0.259 e. The number of hydrogen-bond acceptors (Lipinski definition) is 5. The van der Waals surface area contributed by atoms with Crippen LogP contribution >= 0.6 is 23.2 Å². The number of amides is 1. The van der Waals surface area contributed by atoms with Gasteiger partial charge in [-0.3, -0.25) is 9.78 Å². The molecule has 5 aromatic rings. The van der Waals surface area contributed by atoms with Gasteiger partial charge in [-0.15, -0.1) is 0 Å². The number of nitrogens with one attached hydrogen (secondary N) is 3. The van der Waals surface area contributed by atoms with Crippen molar-refractivity contribution in [3.63, 3.8) is 0 Å². The molecule has 160 valence electrons. The summed E-state index contributed by atoms with van der Waals surface area (Å²) in [6, 6.07) is 8.96. The molecule has 0 unspecified atom stereocenters. The van der Waals surface area contributed by atoms with Crippen molar-refractivity contribution in [2.45, 2.75) is 6.92 Å². The molecule has 2 aromatic carbocycles. The maximum absolute atomic E-state index is 13.2. The quantitative estimate of drug-likeness (QED) is 0.280. The lowest BCUT2D eigenvalue weighted by molar-refractivity contribution is 0.102. The van der Waals surface area contributed by atoms with Gasteiger partial charge >= 0.3 is 0 Å². The molecule has 0 aliphatic rings. The average Bonchev–Trinajstić information content (AvgIpc) is 3.34. The lowest BCUT2D eigenvalue weighted by atomic mass is 10.1. The van der Waals surface area contributed by atoms with E-state index in [9.17, 15) is 9.18 Å². The molecule has 0 saturated heterocycles. The van der Waals surface area contributed by atoms with Gasteiger partial charge in [0.25, 0.3) is 5.91 Å². The molecule has 1 amide bonds. The summed E-state index contributed by atoms with van der Waals surface area (Å²) in [5.41, 5.74) is 2.83. The van der Waals surface area contributed by atoms with E-state index in [1.54, 1.807) is 13.0 Å². The highest BCUT2D eigenvalue weighted by Gasteiger charge is 2.20. The summed E-state index contributed by atoms with van der Waals surface area (Å²) in [6.07, 6.45) is 2.93. The Bertz CT molecular complexity index is 1470. The van der Waals surface area contributed by atoms with Crippen molar-refractivity contribution in [3.05, 3.63) is 76.0 Å². The highest BCUT2D eigenvalue weighted by atomic mass is 35.5. The number of nitrogens with zero attached hydrogens (tertiary/aromatic N) is 2. The first kappa shape index (κ1) is 20.3. The zero-order valence-corrected chi connectivity index (χ0v) is 18.0. The first-order valence-corrected chi connectivity index (χ1v) is 10.2. The molecule has 10 heteroatoms. The number of aromatic amines is 1. The van der Waals surface area contributed by atoms with E-state index in [-0.39, 0.29) is 5.82 Å². The first-order chi connectivity index (χ1) is 15.4. The summed E-state index contributed by atoms with van der Waals surface area (Å²) in [4.78, 5) is 24.7. The zero-order valence-electron chi connectivity index (χ0n) is 16.5. The van der Waals surface area contributed by atoms with Crippen LogP contribution in [0.3, 0.4) is 0 Å². The van der Waals surface area contributed by atoms with Gasteiger partial charge in [0.2, 0.25) is 5.95 Å². The number of H-pyrrole nitrogens is 1. The summed E-state index contributed by atoms with van der Waals surface area (Å²) >= 11 is 12.4. The molecule has 0 atom stereocenters. The third-order valence-electron chi connectivity index (χ3n) is 4.82. The molecule has 3 heterocycles. The molecular formula is C22H14Cl2FN5O2. The van der Waals surface area contributed by atoms with Gasteiger partial charge in [0.05, 0.1) is 26.8 Å². The molecule has 0 spiro atoms. The van der Waals surface area contributed by atoms with Crippen LogP contribution < -0.4 is 10.6 Å². The first-order valence-electron chi connectivity index (χ1n) is 9.45. The minimum absolute atomic E-state index is 0.306. The van der Waals surface area contributed by atoms with Gasteiger partial charge in [-0.05, 0) is 43.3 Å². The minimum Gasteiger partial charge on any atom is -0.460 e. The van der Waals surface area contributed by atoms with Crippen LogP contribution in [0.15, 0.2) is 53.2 Å². The predicted molar refractivity (Wildman–Crippen MR) is 122 cm³/mol. The lowest BCUT2D eigenvalue weighted by Gasteiger charge is -2.06. The van der Waals surface area contributed by atoms with Crippen molar-refractivity contribution in [3.8, 4) is 0 Å². The molecule has 0 fully saturated rings. The Morgan fingerprint density at radius 3 is 2.56 bits per heavy atom. The monoisotopic (exact) mass is 469 g/mol. The number of fused-ring (bicyclic) bond motifs is 3. The van der Waals surface area contributed by atoms with Gasteiger partial charge in [0, 0.05) is 23.5 Å².